The molecule has 0 aliphatic carbocycles. The second-order valence-electron chi connectivity index (χ2n) is 5.12. The molecule has 1 heterocycles. The maximum absolute atomic E-state index is 12.6. The lowest BCUT2D eigenvalue weighted by atomic mass is 10.1. The molecule has 104 valence electrons. The minimum absolute atomic E-state index is 0.114. The van der Waals surface area contributed by atoms with Gasteiger partial charge in [-0.1, -0.05) is 6.07 Å². The zero-order valence-corrected chi connectivity index (χ0v) is 13.2. The van der Waals surface area contributed by atoms with E-state index in [4.69, 9.17) is 0 Å². The fraction of sp³-hybridized carbons (Fsp3) is 0.533. The van der Waals surface area contributed by atoms with Crippen molar-refractivity contribution in [3.8, 4) is 0 Å². The molecule has 3 nitrogen and oxygen atoms in total. The molecular weight excluding hydrogens is 304 g/mol. The quantitative estimate of drug-likeness (QED) is 0.923. The van der Waals surface area contributed by atoms with Crippen molar-refractivity contribution >= 4 is 21.8 Å². The van der Waals surface area contributed by atoms with Crippen LogP contribution in [0.1, 0.15) is 35.7 Å². The third-order valence-electron chi connectivity index (χ3n) is 3.63. The lowest BCUT2D eigenvalue weighted by Crippen LogP contribution is -2.41. The van der Waals surface area contributed by atoms with Crippen LogP contribution < -0.4 is 5.32 Å². The van der Waals surface area contributed by atoms with Gasteiger partial charge in [0, 0.05) is 23.6 Å². The van der Waals surface area contributed by atoms with E-state index in [0.717, 1.165) is 35.2 Å². The van der Waals surface area contributed by atoms with E-state index in [1.165, 1.54) is 12.8 Å². The number of hydrogen-bond donors (Lipinski definition) is 1. The lowest BCUT2D eigenvalue weighted by Gasteiger charge is -2.25. The first kappa shape index (κ1) is 14.5. The SMILES string of the molecule is CCN(CC1CCCN1)C(=O)c1ccc(C)cc1Br. The topological polar surface area (TPSA) is 32.3 Å². The van der Waals surface area contributed by atoms with Crippen LogP contribution in [-0.2, 0) is 0 Å². The Kier molecular flexibility index (Phi) is 4.99. The van der Waals surface area contributed by atoms with E-state index in [-0.39, 0.29) is 5.91 Å². The van der Waals surface area contributed by atoms with Gasteiger partial charge in [0.15, 0.2) is 0 Å². The molecular formula is C15H21BrN2O. The van der Waals surface area contributed by atoms with Gasteiger partial charge in [-0.3, -0.25) is 4.79 Å². The summed E-state index contributed by atoms with van der Waals surface area (Å²) in [6.07, 6.45) is 2.38. The Morgan fingerprint density at radius 3 is 2.89 bits per heavy atom. The molecule has 1 amide bonds. The third-order valence-corrected chi connectivity index (χ3v) is 4.28. The van der Waals surface area contributed by atoms with Gasteiger partial charge in [-0.2, -0.15) is 0 Å². The molecule has 1 aromatic carbocycles. The van der Waals surface area contributed by atoms with Crippen LogP contribution >= 0.6 is 15.9 Å². The van der Waals surface area contributed by atoms with Gasteiger partial charge in [0.25, 0.3) is 5.91 Å². The molecule has 1 N–H and O–H groups in total. The summed E-state index contributed by atoms with van der Waals surface area (Å²) in [6.45, 7) is 6.69. The van der Waals surface area contributed by atoms with E-state index in [2.05, 4.69) is 21.2 Å². The standard InChI is InChI=1S/C15H21BrN2O/c1-3-18(10-12-5-4-8-17-12)15(19)13-7-6-11(2)9-14(13)16/h6-7,9,12,17H,3-5,8,10H2,1-2H3. The Morgan fingerprint density at radius 2 is 2.32 bits per heavy atom. The van der Waals surface area contributed by atoms with Crippen molar-refractivity contribution in [3.63, 3.8) is 0 Å². The summed E-state index contributed by atoms with van der Waals surface area (Å²) in [5.74, 6) is 0.114. The molecule has 2 rings (SSSR count). The summed E-state index contributed by atoms with van der Waals surface area (Å²) in [7, 11) is 0. The molecule has 0 spiro atoms. The molecule has 1 aromatic rings. The number of carbonyl (C=O) groups excluding carboxylic acids is 1. The average molecular weight is 325 g/mol. The molecule has 19 heavy (non-hydrogen) atoms. The number of benzene rings is 1. The van der Waals surface area contributed by atoms with Crippen LogP contribution in [0.5, 0.6) is 0 Å². The van der Waals surface area contributed by atoms with Crippen molar-refractivity contribution in [2.45, 2.75) is 32.7 Å². The number of carbonyl (C=O) groups is 1. The van der Waals surface area contributed by atoms with Crippen LogP contribution in [0, 0.1) is 6.92 Å². The fourth-order valence-electron chi connectivity index (χ4n) is 2.50. The zero-order valence-electron chi connectivity index (χ0n) is 11.6. The monoisotopic (exact) mass is 324 g/mol. The second kappa shape index (κ2) is 6.53. The van der Waals surface area contributed by atoms with E-state index < -0.39 is 0 Å². The molecule has 1 fully saturated rings. The van der Waals surface area contributed by atoms with E-state index in [1.807, 2.05) is 36.9 Å². The molecule has 0 saturated carbocycles. The average Bonchev–Trinajstić information content (AvgIpc) is 2.88. The minimum atomic E-state index is 0.114. The lowest BCUT2D eigenvalue weighted by molar-refractivity contribution is 0.0750. The van der Waals surface area contributed by atoms with Crippen molar-refractivity contribution < 1.29 is 4.79 Å². The highest BCUT2D eigenvalue weighted by Gasteiger charge is 2.22. The van der Waals surface area contributed by atoms with E-state index in [1.54, 1.807) is 0 Å². The van der Waals surface area contributed by atoms with Gasteiger partial charge in [-0.05, 0) is 66.9 Å². The summed E-state index contributed by atoms with van der Waals surface area (Å²) in [4.78, 5) is 14.5. The number of likely N-dealkylation sites (N-methyl/N-ethyl adjacent to an activating group) is 1. The third kappa shape index (κ3) is 3.57. The van der Waals surface area contributed by atoms with Crippen molar-refractivity contribution in [3.05, 3.63) is 33.8 Å². The normalized spacial score (nSPS) is 18.6. The predicted octanol–water partition coefficient (Wildman–Crippen LogP) is 2.97. The molecule has 0 bridgehead atoms. The summed E-state index contributed by atoms with van der Waals surface area (Å²) in [5.41, 5.74) is 1.91. The van der Waals surface area contributed by atoms with Crippen LogP contribution in [0.3, 0.4) is 0 Å². The molecule has 4 heteroatoms. The molecule has 0 radical (unpaired) electrons. The Balaban J connectivity index is 2.10. The summed E-state index contributed by atoms with van der Waals surface area (Å²) in [5, 5.41) is 3.45. The van der Waals surface area contributed by atoms with Crippen LogP contribution in [-0.4, -0.2) is 36.5 Å². The highest BCUT2D eigenvalue weighted by atomic mass is 79.9. The van der Waals surface area contributed by atoms with Crippen LogP contribution in [0.4, 0.5) is 0 Å². The Labute approximate surface area is 123 Å². The molecule has 1 aliphatic rings. The van der Waals surface area contributed by atoms with Crippen LogP contribution in [0.2, 0.25) is 0 Å². The van der Waals surface area contributed by atoms with Crippen molar-refractivity contribution in [1.82, 2.24) is 10.2 Å². The maximum Gasteiger partial charge on any atom is 0.255 e. The van der Waals surface area contributed by atoms with Crippen molar-refractivity contribution in [2.24, 2.45) is 0 Å². The molecule has 1 aliphatic heterocycles. The largest absolute Gasteiger partial charge is 0.337 e. The molecule has 1 unspecified atom stereocenters. The Morgan fingerprint density at radius 1 is 1.53 bits per heavy atom. The first-order valence-electron chi connectivity index (χ1n) is 6.90. The van der Waals surface area contributed by atoms with Crippen LogP contribution in [0.25, 0.3) is 0 Å². The van der Waals surface area contributed by atoms with Gasteiger partial charge in [0.05, 0.1) is 5.56 Å². The van der Waals surface area contributed by atoms with E-state index >= 15 is 0 Å². The Bertz CT molecular complexity index is 455. The summed E-state index contributed by atoms with van der Waals surface area (Å²) < 4.78 is 0.885. The highest BCUT2D eigenvalue weighted by Crippen LogP contribution is 2.20. The fourth-order valence-corrected chi connectivity index (χ4v) is 3.16. The van der Waals surface area contributed by atoms with Gasteiger partial charge in [0.1, 0.15) is 0 Å². The van der Waals surface area contributed by atoms with Gasteiger partial charge < -0.3 is 10.2 Å². The maximum atomic E-state index is 12.6. The highest BCUT2D eigenvalue weighted by molar-refractivity contribution is 9.10. The summed E-state index contributed by atoms with van der Waals surface area (Å²) in [6, 6.07) is 6.34. The van der Waals surface area contributed by atoms with Gasteiger partial charge in [-0.25, -0.2) is 0 Å². The van der Waals surface area contributed by atoms with E-state index in [9.17, 15) is 4.79 Å². The zero-order chi connectivity index (χ0) is 13.8. The number of nitrogens with zero attached hydrogens (tertiary/aromatic N) is 1. The Hall–Kier alpha value is -0.870. The second-order valence-corrected chi connectivity index (χ2v) is 5.97. The van der Waals surface area contributed by atoms with Gasteiger partial charge in [-0.15, -0.1) is 0 Å². The van der Waals surface area contributed by atoms with Crippen molar-refractivity contribution in [2.75, 3.05) is 19.6 Å². The number of hydrogen-bond acceptors (Lipinski definition) is 2. The van der Waals surface area contributed by atoms with Crippen molar-refractivity contribution in [1.29, 1.82) is 0 Å². The summed E-state index contributed by atoms with van der Waals surface area (Å²) >= 11 is 3.49. The molecule has 0 aromatic heterocycles. The number of nitrogens with one attached hydrogen (secondary N) is 1. The minimum Gasteiger partial charge on any atom is -0.337 e. The predicted molar refractivity (Wildman–Crippen MR) is 81.5 cm³/mol. The first-order chi connectivity index (χ1) is 9.11. The number of rotatable bonds is 4. The molecule has 1 saturated heterocycles. The van der Waals surface area contributed by atoms with Gasteiger partial charge in [0.2, 0.25) is 0 Å². The number of aryl methyl sites for hydroxylation is 1. The number of halogens is 1. The smallest absolute Gasteiger partial charge is 0.255 e. The first-order valence-corrected chi connectivity index (χ1v) is 7.70. The number of amides is 1. The van der Waals surface area contributed by atoms with E-state index in [0.29, 0.717) is 6.04 Å². The van der Waals surface area contributed by atoms with Crippen LogP contribution in [0.15, 0.2) is 22.7 Å². The van der Waals surface area contributed by atoms with Gasteiger partial charge >= 0.3 is 0 Å². The molecule has 1 atom stereocenters.